The molecule has 1 aliphatic heterocycles. The van der Waals surface area contributed by atoms with Gasteiger partial charge in [0.25, 0.3) is 0 Å². The highest BCUT2D eigenvalue weighted by molar-refractivity contribution is 9.10. The lowest BCUT2D eigenvalue weighted by molar-refractivity contribution is -0.135. The maximum atomic E-state index is 12.4. The number of halogens is 1. The molecule has 19 heavy (non-hydrogen) atoms. The molecule has 1 fully saturated rings. The number of anilines is 1. The highest BCUT2D eigenvalue weighted by atomic mass is 79.9. The lowest BCUT2D eigenvalue weighted by Crippen LogP contribution is -2.60. The minimum absolute atomic E-state index is 0.153. The fraction of sp³-hybridized carbons (Fsp3) is 0.500. The monoisotopic (exact) mass is 325 g/mol. The molecule has 0 saturated carbocycles. The van der Waals surface area contributed by atoms with Crippen LogP contribution >= 0.6 is 15.9 Å². The van der Waals surface area contributed by atoms with Crippen LogP contribution in [0.3, 0.4) is 0 Å². The van der Waals surface area contributed by atoms with Crippen LogP contribution in [0.2, 0.25) is 0 Å². The Morgan fingerprint density at radius 3 is 2.74 bits per heavy atom. The summed E-state index contributed by atoms with van der Waals surface area (Å²) in [5.41, 5.74) is 6.74. The lowest BCUT2D eigenvalue weighted by atomic mass is 10.0. The molecular weight excluding hydrogens is 306 g/mol. The van der Waals surface area contributed by atoms with Crippen molar-refractivity contribution in [3.05, 3.63) is 28.7 Å². The molecule has 0 aliphatic carbocycles. The molecule has 1 aliphatic rings. The zero-order valence-electron chi connectivity index (χ0n) is 11.3. The van der Waals surface area contributed by atoms with Crippen LogP contribution in [0.25, 0.3) is 0 Å². The number of para-hydroxylation sites is 1. The molecule has 2 rings (SSSR count). The Labute approximate surface area is 122 Å². The van der Waals surface area contributed by atoms with Gasteiger partial charge in [0.2, 0.25) is 5.91 Å². The Hall–Kier alpha value is -1.07. The van der Waals surface area contributed by atoms with Gasteiger partial charge in [0, 0.05) is 24.1 Å². The molecule has 0 aromatic heterocycles. The molecule has 1 amide bonds. The summed E-state index contributed by atoms with van der Waals surface area (Å²) in [5, 5.41) is 0. The van der Waals surface area contributed by atoms with Crippen molar-refractivity contribution in [1.82, 2.24) is 4.90 Å². The molecule has 1 saturated heterocycles. The van der Waals surface area contributed by atoms with E-state index in [-0.39, 0.29) is 18.0 Å². The molecule has 2 unspecified atom stereocenters. The van der Waals surface area contributed by atoms with Gasteiger partial charge in [-0.25, -0.2) is 0 Å². The van der Waals surface area contributed by atoms with E-state index in [9.17, 15) is 4.79 Å². The van der Waals surface area contributed by atoms with Crippen molar-refractivity contribution >= 4 is 27.5 Å². The third kappa shape index (κ3) is 2.77. The minimum Gasteiger partial charge on any atom is -0.356 e. The van der Waals surface area contributed by atoms with Gasteiger partial charge in [0.15, 0.2) is 0 Å². The highest BCUT2D eigenvalue weighted by Gasteiger charge is 2.36. The molecule has 104 valence electrons. The Bertz CT molecular complexity index is 466. The van der Waals surface area contributed by atoms with E-state index in [4.69, 9.17) is 5.73 Å². The van der Waals surface area contributed by atoms with E-state index in [0.717, 1.165) is 16.7 Å². The van der Waals surface area contributed by atoms with E-state index in [1.165, 1.54) is 0 Å². The molecule has 2 atom stereocenters. The Morgan fingerprint density at radius 1 is 1.42 bits per heavy atom. The average molecular weight is 326 g/mol. The van der Waals surface area contributed by atoms with Crippen LogP contribution in [0.5, 0.6) is 0 Å². The van der Waals surface area contributed by atoms with E-state index >= 15 is 0 Å². The first-order valence-electron chi connectivity index (χ1n) is 6.54. The first-order valence-corrected chi connectivity index (χ1v) is 7.33. The smallest absolute Gasteiger partial charge is 0.245 e. The van der Waals surface area contributed by atoms with Crippen LogP contribution in [0.15, 0.2) is 28.7 Å². The van der Waals surface area contributed by atoms with Crippen LogP contribution in [0.4, 0.5) is 5.69 Å². The molecule has 1 heterocycles. The van der Waals surface area contributed by atoms with E-state index in [0.29, 0.717) is 13.0 Å². The van der Waals surface area contributed by atoms with Crippen LogP contribution in [-0.4, -0.2) is 43.0 Å². The van der Waals surface area contributed by atoms with Crippen LogP contribution in [0, 0.1) is 0 Å². The number of carbonyl (C=O) groups is 1. The molecule has 0 radical (unpaired) electrons. The predicted octanol–water partition coefficient (Wildman–Crippen LogP) is 1.83. The number of amides is 1. The Kier molecular flexibility index (Phi) is 4.47. The molecule has 1 aromatic carbocycles. The minimum atomic E-state index is -0.162. The van der Waals surface area contributed by atoms with Gasteiger partial charge >= 0.3 is 0 Å². The van der Waals surface area contributed by atoms with Gasteiger partial charge in [-0.05, 0) is 48.0 Å². The number of carbonyl (C=O) groups excluding carboxylic acids is 1. The summed E-state index contributed by atoms with van der Waals surface area (Å²) in [4.78, 5) is 16.4. The third-order valence-electron chi connectivity index (χ3n) is 3.73. The van der Waals surface area contributed by atoms with Gasteiger partial charge in [0.05, 0.1) is 5.69 Å². The average Bonchev–Trinajstić information content (AvgIpc) is 2.40. The quantitative estimate of drug-likeness (QED) is 0.922. The summed E-state index contributed by atoms with van der Waals surface area (Å²) in [6.07, 6.45) is 0.678. The third-order valence-corrected chi connectivity index (χ3v) is 4.40. The zero-order valence-corrected chi connectivity index (χ0v) is 12.9. The second kappa shape index (κ2) is 5.92. The number of piperazine rings is 1. The van der Waals surface area contributed by atoms with Crippen molar-refractivity contribution in [1.29, 1.82) is 0 Å². The van der Waals surface area contributed by atoms with Gasteiger partial charge in [-0.2, -0.15) is 0 Å². The summed E-state index contributed by atoms with van der Waals surface area (Å²) in [6.45, 7) is 3.41. The number of nitrogens with two attached hydrogens (primary N) is 1. The fourth-order valence-corrected chi connectivity index (χ4v) is 3.02. The summed E-state index contributed by atoms with van der Waals surface area (Å²) in [7, 11) is 1.87. The van der Waals surface area contributed by atoms with Crippen molar-refractivity contribution in [3.8, 4) is 0 Å². The number of benzene rings is 1. The van der Waals surface area contributed by atoms with E-state index in [1.54, 1.807) is 0 Å². The molecular formula is C14H20BrN3O. The lowest BCUT2D eigenvalue weighted by Gasteiger charge is -2.44. The van der Waals surface area contributed by atoms with Gasteiger partial charge < -0.3 is 15.5 Å². The maximum Gasteiger partial charge on any atom is 0.245 e. The van der Waals surface area contributed by atoms with Gasteiger partial charge in [-0.3, -0.25) is 4.79 Å². The normalized spacial score (nSPS) is 23.9. The van der Waals surface area contributed by atoms with E-state index in [2.05, 4.69) is 27.8 Å². The van der Waals surface area contributed by atoms with Gasteiger partial charge in [0.1, 0.15) is 6.04 Å². The molecule has 5 heteroatoms. The van der Waals surface area contributed by atoms with Gasteiger partial charge in [-0.15, -0.1) is 0 Å². The van der Waals surface area contributed by atoms with Crippen molar-refractivity contribution in [2.24, 2.45) is 5.73 Å². The van der Waals surface area contributed by atoms with E-state index < -0.39 is 0 Å². The van der Waals surface area contributed by atoms with Gasteiger partial charge in [-0.1, -0.05) is 12.1 Å². The molecule has 2 N–H and O–H groups in total. The van der Waals surface area contributed by atoms with Crippen LogP contribution < -0.4 is 10.6 Å². The van der Waals surface area contributed by atoms with Crippen molar-refractivity contribution in [2.45, 2.75) is 25.4 Å². The number of likely N-dealkylation sites (N-methyl/N-ethyl adjacent to an activating group) is 1. The number of rotatable bonds is 3. The maximum absolute atomic E-state index is 12.4. The second-order valence-electron chi connectivity index (χ2n) is 5.00. The van der Waals surface area contributed by atoms with Crippen LogP contribution in [-0.2, 0) is 4.79 Å². The first kappa shape index (κ1) is 14.3. The Morgan fingerprint density at radius 2 is 2.11 bits per heavy atom. The molecule has 0 spiro atoms. The molecule has 4 nitrogen and oxygen atoms in total. The van der Waals surface area contributed by atoms with Crippen molar-refractivity contribution in [2.75, 3.05) is 25.0 Å². The largest absolute Gasteiger partial charge is 0.356 e. The highest BCUT2D eigenvalue weighted by Crippen LogP contribution is 2.31. The van der Waals surface area contributed by atoms with E-state index in [1.807, 2.05) is 36.2 Å². The summed E-state index contributed by atoms with van der Waals surface area (Å²) < 4.78 is 1.02. The van der Waals surface area contributed by atoms with Crippen LogP contribution in [0.1, 0.15) is 13.3 Å². The second-order valence-corrected chi connectivity index (χ2v) is 5.85. The SMILES string of the molecule is CC1CN(c2ccccc2Br)C(CCN)C(=O)N1C. The summed E-state index contributed by atoms with van der Waals surface area (Å²) >= 11 is 3.57. The van der Waals surface area contributed by atoms with Crippen molar-refractivity contribution in [3.63, 3.8) is 0 Å². The summed E-state index contributed by atoms with van der Waals surface area (Å²) in [6, 6.07) is 8.06. The zero-order chi connectivity index (χ0) is 14.0. The molecule has 0 bridgehead atoms. The summed E-state index contributed by atoms with van der Waals surface area (Å²) in [5.74, 6) is 0.153. The topological polar surface area (TPSA) is 49.6 Å². The van der Waals surface area contributed by atoms with Crippen molar-refractivity contribution < 1.29 is 4.79 Å². The standard InChI is InChI=1S/C14H20BrN3O/c1-10-9-18(12-6-4-3-5-11(12)15)13(7-8-16)14(19)17(10)2/h3-6,10,13H,7-9,16H2,1-2H3. The fourth-order valence-electron chi connectivity index (χ4n) is 2.51. The molecule has 1 aromatic rings. The number of nitrogens with zero attached hydrogens (tertiary/aromatic N) is 2. The predicted molar refractivity (Wildman–Crippen MR) is 81.2 cm³/mol. The number of hydrogen-bond acceptors (Lipinski definition) is 3. The number of hydrogen-bond donors (Lipinski definition) is 1. The Balaban J connectivity index is 2.36. The first-order chi connectivity index (χ1) is 9.06.